The molecule has 11 heteroatoms. The first kappa shape index (κ1) is 25.9. The zero-order valence-corrected chi connectivity index (χ0v) is 21.0. The number of nitro groups is 1. The minimum Gasteiger partial charge on any atom is -0.493 e. The fraction of sp³-hybridized carbons (Fsp3) is 0.192. The Balaban J connectivity index is 1.57. The summed E-state index contributed by atoms with van der Waals surface area (Å²) in [7, 11) is 1.50. The molecule has 0 N–H and O–H groups in total. The second-order valence-electron chi connectivity index (χ2n) is 7.62. The van der Waals surface area contributed by atoms with Gasteiger partial charge in [-0.05, 0) is 54.6 Å². The van der Waals surface area contributed by atoms with Crippen LogP contribution in [0.15, 0.2) is 76.8 Å². The largest absolute Gasteiger partial charge is 0.493 e. The molecular weight excluding hydrogens is 496 g/mol. The van der Waals surface area contributed by atoms with E-state index in [2.05, 4.69) is 9.98 Å². The van der Waals surface area contributed by atoms with Crippen LogP contribution in [0.25, 0.3) is 6.08 Å². The number of carbonyl (C=O) groups excluding carboxylic acids is 1. The van der Waals surface area contributed by atoms with Crippen LogP contribution < -0.4 is 9.47 Å². The monoisotopic (exact) mass is 520 g/mol. The standard InChI is InChI=1S/C26H24N4O6S/c1-3-35-14-13-29-25(31)23(37-26(29)28-19-7-5-4-6-8-19)16-18-9-11-21(22(15-18)34-2)36-24-12-10-20(17-27-24)30(32)33/h4-12,15-17H,3,13-14H2,1-2H3/b23-16-,28-26?. The van der Waals surface area contributed by atoms with Gasteiger partial charge in [0.25, 0.3) is 11.6 Å². The molecule has 1 fully saturated rings. The second kappa shape index (κ2) is 12.2. The molecule has 190 valence electrons. The van der Waals surface area contributed by atoms with Crippen molar-refractivity contribution in [2.24, 2.45) is 4.99 Å². The van der Waals surface area contributed by atoms with E-state index in [0.717, 1.165) is 17.4 Å². The fourth-order valence-corrected chi connectivity index (χ4v) is 4.39. The van der Waals surface area contributed by atoms with Crippen molar-refractivity contribution in [3.63, 3.8) is 0 Å². The van der Waals surface area contributed by atoms with E-state index in [1.54, 1.807) is 29.2 Å². The second-order valence-corrected chi connectivity index (χ2v) is 8.63. The predicted molar refractivity (Wildman–Crippen MR) is 141 cm³/mol. The topological polar surface area (TPSA) is 116 Å². The van der Waals surface area contributed by atoms with Gasteiger partial charge in [0.2, 0.25) is 5.88 Å². The molecule has 0 atom stereocenters. The number of aromatic nitrogens is 1. The Morgan fingerprint density at radius 2 is 1.95 bits per heavy atom. The summed E-state index contributed by atoms with van der Waals surface area (Å²) in [6.07, 6.45) is 2.89. The van der Waals surface area contributed by atoms with Gasteiger partial charge >= 0.3 is 0 Å². The van der Waals surface area contributed by atoms with Crippen molar-refractivity contribution in [1.82, 2.24) is 9.88 Å². The number of aliphatic imine (C=N–C) groups is 1. The van der Waals surface area contributed by atoms with Crippen LogP contribution in [0.2, 0.25) is 0 Å². The van der Waals surface area contributed by atoms with Gasteiger partial charge in [-0.25, -0.2) is 9.98 Å². The van der Waals surface area contributed by atoms with Gasteiger partial charge in [-0.2, -0.15) is 0 Å². The number of hydrogen-bond donors (Lipinski definition) is 0. The van der Waals surface area contributed by atoms with E-state index < -0.39 is 4.92 Å². The molecule has 1 amide bonds. The van der Waals surface area contributed by atoms with Crippen molar-refractivity contribution in [3.8, 4) is 17.4 Å². The van der Waals surface area contributed by atoms with Crippen molar-refractivity contribution < 1.29 is 23.9 Å². The van der Waals surface area contributed by atoms with E-state index in [1.807, 2.05) is 37.3 Å². The molecule has 0 radical (unpaired) electrons. The Bertz CT molecular complexity index is 1330. The van der Waals surface area contributed by atoms with Crippen LogP contribution in [-0.2, 0) is 9.53 Å². The molecular formula is C26H24N4O6S. The molecule has 0 spiro atoms. The van der Waals surface area contributed by atoms with Gasteiger partial charge in [0, 0.05) is 18.7 Å². The lowest BCUT2D eigenvalue weighted by Crippen LogP contribution is -2.32. The summed E-state index contributed by atoms with van der Waals surface area (Å²) in [5.41, 5.74) is 1.34. The number of carbonyl (C=O) groups is 1. The summed E-state index contributed by atoms with van der Waals surface area (Å²) in [6.45, 7) is 3.26. The van der Waals surface area contributed by atoms with Crippen LogP contribution >= 0.6 is 11.8 Å². The Kier molecular flexibility index (Phi) is 8.49. The van der Waals surface area contributed by atoms with Gasteiger partial charge < -0.3 is 14.2 Å². The van der Waals surface area contributed by atoms with Gasteiger partial charge in [0.1, 0.15) is 6.20 Å². The number of para-hydroxylation sites is 1. The number of benzene rings is 2. The van der Waals surface area contributed by atoms with E-state index in [4.69, 9.17) is 14.2 Å². The summed E-state index contributed by atoms with van der Waals surface area (Å²) in [6, 6.07) is 17.4. The van der Waals surface area contributed by atoms with Crippen LogP contribution in [0, 0.1) is 10.1 Å². The fourth-order valence-electron chi connectivity index (χ4n) is 3.36. The zero-order chi connectivity index (χ0) is 26.2. The van der Waals surface area contributed by atoms with Crippen LogP contribution in [0.5, 0.6) is 17.4 Å². The summed E-state index contributed by atoms with van der Waals surface area (Å²) in [4.78, 5) is 34.3. The third-order valence-corrected chi connectivity index (χ3v) is 6.17. The summed E-state index contributed by atoms with van der Waals surface area (Å²) >= 11 is 1.29. The number of methoxy groups -OCH3 is 1. The van der Waals surface area contributed by atoms with Crippen molar-refractivity contribution >= 4 is 40.3 Å². The normalized spacial score (nSPS) is 15.4. The molecule has 1 saturated heterocycles. The highest BCUT2D eigenvalue weighted by Crippen LogP contribution is 2.36. The SMILES string of the molecule is CCOCCN1C(=O)/C(=C/c2ccc(Oc3ccc([N+](=O)[O-])cn3)c(OC)c2)SC1=Nc1ccccc1. The van der Waals surface area contributed by atoms with Crippen LogP contribution in [0.3, 0.4) is 0 Å². The van der Waals surface area contributed by atoms with Gasteiger partial charge in [0.05, 0.1) is 35.8 Å². The number of nitrogens with zero attached hydrogens (tertiary/aromatic N) is 4. The minimum absolute atomic E-state index is 0.134. The lowest BCUT2D eigenvalue weighted by Gasteiger charge is -2.15. The molecule has 2 aromatic carbocycles. The first-order valence-corrected chi connectivity index (χ1v) is 12.2. The summed E-state index contributed by atoms with van der Waals surface area (Å²) in [5, 5.41) is 11.4. The maximum absolute atomic E-state index is 13.2. The minimum atomic E-state index is -0.532. The lowest BCUT2D eigenvalue weighted by atomic mass is 10.2. The molecule has 0 aliphatic carbocycles. The zero-order valence-electron chi connectivity index (χ0n) is 20.2. The lowest BCUT2D eigenvalue weighted by molar-refractivity contribution is -0.385. The maximum Gasteiger partial charge on any atom is 0.287 e. The van der Waals surface area contributed by atoms with E-state index in [0.29, 0.717) is 41.3 Å². The van der Waals surface area contributed by atoms with E-state index in [9.17, 15) is 14.9 Å². The predicted octanol–water partition coefficient (Wildman–Crippen LogP) is 5.43. The maximum atomic E-state index is 13.2. The Morgan fingerprint density at radius 3 is 2.62 bits per heavy atom. The highest BCUT2D eigenvalue weighted by Gasteiger charge is 2.33. The van der Waals surface area contributed by atoms with Crippen molar-refractivity contribution in [2.75, 3.05) is 26.9 Å². The average Bonchev–Trinajstić information content (AvgIpc) is 3.19. The Hall–Kier alpha value is -4.22. The van der Waals surface area contributed by atoms with Crippen LogP contribution in [0.4, 0.5) is 11.4 Å². The van der Waals surface area contributed by atoms with Crippen molar-refractivity contribution in [1.29, 1.82) is 0 Å². The molecule has 0 bridgehead atoms. The molecule has 0 saturated carbocycles. The Morgan fingerprint density at radius 1 is 1.14 bits per heavy atom. The van der Waals surface area contributed by atoms with Crippen LogP contribution in [-0.4, -0.2) is 52.8 Å². The van der Waals surface area contributed by atoms with Gasteiger partial charge in [0.15, 0.2) is 16.7 Å². The highest BCUT2D eigenvalue weighted by molar-refractivity contribution is 8.18. The summed E-state index contributed by atoms with van der Waals surface area (Å²) < 4.78 is 16.7. The van der Waals surface area contributed by atoms with Crippen molar-refractivity contribution in [3.05, 3.63) is 87.4 Å². The number of thioether (sulfide) groups is 1. The van der Waals surface area contributed by atoms with E-state index in [1.165, 1.54) is 31.0 Å². The molecule has 4 rings (SSSR count). The number of pyridine rings is 1. The first-order valence-electron chi connectivity index (χ1n) is 11.4. The number of rotatable bonds is 10. The molecule has 0 unspecified atom stereocenters. The van der Waals surface area contributed by atoms with Crippen LogP contribution in [0.1, 0.15) is 12.5 Å². The summed E-state index contributed by atoms with van der Waals surface area (Å²) in [5.74, 6) is 0.814. The number of ether oxygens (including phenoxy) is 3. The van der Waals surface area contributed by atoms with Gasteiger partial charge in [-0.15, -0.1) is 0 Å². The van der Waals surface area contributed by atoms with E-state index >= 15 is 0 Å². The van der Waals surface area contributed by atoms with E-state index in [-0.39, 0.29) is 17.5 Å². The molecule has 1 aliphatic rings. The average molecular weight is 521 g/mol. The first-order chi connectivity index (χ1) is 18.0. The number of hydrogen-bond acceptors (Lipinski definition) is 9. The number of amides is 1. The Labute approximate surface area is 217 Å². The van der Waals surface area contributed by atoms with Gasteiger partial charge in [-0.1, -0.05) is 24.3 Å². The molecule has 1 aliphatic heterocycles. The molecule has 37 heavy (non-hydrogen) atoms. The molecule has 1 aromatic heterocycles. The van der Waals surface area contributed by atoms with Crippen molar-refractivity contribution in [2.45, 2.75) is 6.92 Å². The van der Waals surface area contributed by atoms with Gasteiger partial charge in [-0.3, -0.25) is 19.8 Å². The smallest absolute Gasteiger partial charge is 0.287 e. The number of amidine groups is 1. The quantitative estimate of drug-likeness (QED) is 0.150. The molecule has 2 heterocycles. The highest BCUT2D eigenvalue weighted by atomic mass is 32.2. The molecule has 10 nitrogen and oxygen atoms in total. The third kappa shape index (κ3) is 6.51. The third-order valence-electron chi connectivity index (χ3n) is 5.16. The molecule has 3 aromatic rings.